The molecule has 2 heterocycles. The van der Waals surface area contributed by atoms with Crippen molar-refractivity contribution in [2.24, 2.45) is 5.41 Å². The van der Waals surface area contributed by atoms with Gasteiger partial charge in [0.15, 0.2) is 5.79 Å². The molecule has 3 aliphatic rings. The van der Waals surface area contributed by atoms with E-state index in [0.717, 1.165) is 39.1 Å². The van der Waals surface area contributed by atoms with Crippen LogP contribution < -0.4 is 0 Å². The lowest BCUT2D eigenvalue weighted by Crippen LogP contribution is -2.52. The Morgan fingerprint density at radius 1 is 0.875 bits per heavy atom. The lowest BCUT2D eigenvalue weighted by molar-refractivity contribution is -0.253. The molecule has 2 saturated heterocycles. The molecule has 1 aliphatic carbocycles. The van der Waals surface area contributed by atoms with Crippen LogP contribution in [0.2, 0.25) is 0 Å². The van der Waals surface area contributed by atoms with Crippen molar-refractivity contribution < 1.29 is 14.2 Å². The van der Waals surface area contributed by atoms with Crippen LogP contribution in [0.25, 0.3) is 0 Å². The van der Waals surface area contributed by atoms with Gasteiger partial charge in [0, 0.05) is 11.8 Å². The second-order valence-corrected chi connectivity index (χ2v) is 5.48. The quantitative estimate of drug-likeness (QED) is 0.597. The van der Waals surface area contributed by atoms with E-state index in [4.69, 9.17) is 14.2 Å². The van der Waals surface area contributed by atoms with Gasteiger partial charge in [0.05, 0.1) is 25.4 Å². The fraction of sp³-hybridized carbons (Fsp3) is 1.00. The van der Waals surface area contributed by atoms with Gasteiger partial charge < -0.3 is 14.2 Å². The summed E-state index contributed by atoms with van der Waals surface area (Å²) in [6.07, 6.45) is 3.15. The number of rotatable bonds is 0. The Hall–Kier alpha value is -0.120. The van der Waals surface area contributed by atoms with Crippen LogP contribution in [0.15, 0.2) is 0 Å². The number of hydrogen-bond acceptors (Lipinski definition) is 3. The van der Waals surface area contributed by atoms with Crippen molar-refractivity contribution in [3.05, 3.63) is 0 Å². The van der Waals surface area contributed by atoms with Crippen molar-refractivity contribution >= 4 is 0 Å². The lowest BCUT2D eigenvalue weighted by Gasteiger charge is -2.47. The van der Waals surface area contributed by atoms with E-state index in [-0.39, 0.29) is 16.8 Å². The summed E-state index contributed by atoms with van der Waals surface area (Å²) in [6.45, 7) is 10.9. The molecular formula is C13H24O3. The summed E-state index contributed by atoms with van der Waals surface area (Å²) in [5.41, 5.74) is 0.266. The minimum Gasteiger partial charge on any atom is -0.370 e. The van der Waals surface area contributed by atoms with E-state index in [2.05, 4.69) is 13.8 Å². The summed E-state index contributed by atoms with van der Waals surface area (Å²) >= 11 is 0. The van der Waals surface area contributed by atoms with Crippen molar-refractivity contribution in [2.45, 2.75) is 58.3 Å². The van der Waals surface area contributed by atoms with Gasteiger partial charge in [-0.05, 0) is 12.8 Å². The van der Waals surface area contributed by atoms with Crippen LogP contribution >= 0.6 is 0 Å². The molecule has 2 aliphatic heterocycles. The first-order valence-electron chi connectivity index (χ1n) is 6.50. The second-order valence-electron chi connectivity index (χ2n) is 5.48. The fourth-order valence-electron chi connectivity index (χ4n) is 3.10. The highest BCUT2D eigenvalue weighted by Crippen LogP contribution is 2.56. The predicted octanol–water partition coefficient (Wildman–Crippen LogP) is 2.73. The predicted molar refractivity (Wildman–Crippen MR) is 62.3 cm³/mol. The fourth-order valence-corrected chi connectivity index (χ4v) is 3.10. The summed E-state index contributed by atoms with van der Waals surface area (Å²) in [6, 6.07) is 0. The van der Waals surface area contributed by atoms with Crippen LogP contribution in [-0.2, 0) is 14.2 Å². The highest BCUT2D eigenvalue weighted by atomic mass is 16.7. The third-order valence-electron chi connectivity index (χ3n) is 4.01. The molecule has 1 saturated carbocycles. The number of epoxide rings is 1. The van der Waals surface area contributed by atoms with E-state index in [9.17, 15) is 0 Å². The topological polar surface area (TPSA) is 31.0 Å². The average molecular weight is 228 g/mol. The molecule has 94 valence electrons. The van der Waals surface area contributed by atoms with Gasteiger partial charge in [-0.15, -0.1) is 0 Å². The monoisotopic (exact) mass is 228 g/mol. The van der Waals surface area contributed by atoms with Crippen LogP contribution in [-0.4, -0.2) is 31.2 Å². The zero-order valence-electron chi connectivity index (χ0n) is 11.0. The molecule has 3 nitrogen and oxygen atoms in total. The van der Waals surface area contributed by atoms with Crippen molar-refractivity contribution in [3.8, 4) is 0 Å². The van der Waals surface area contributed by atoms with E-state index in [1.807, 2.05) is 13.8 Å². The first kappa shape index (κ1) is 12.3. The standard InChI is InChI=1S/C11H18O3.C2H6/c1-9(2)7-10(8-14-10)3-4-11(9)12-5-6-13-11;1-2/h3-8H2,1-2H3;1-2H3. The van der Waals surface area contributed by atoms with Gasteiger partial charge in [0.25, 0.3) is 0 Å². The van der Waals surface area contributed by atoms with E-state index >= 15 is 0 Å². The van der Waals surface area contributed by atoms with Gasteiger partial charge in [-0.25, -0.2) is 0 Å². The molecule has 3 rings (SSSR count). The molecule has 0 bridgehead atoms. The summed E-state index contributed by atoms with van der Waals surface area (Å²) in [4.78, 5) is 0. The van der Waals surface area contributed by atoms with E-state index in [0.29, 0.717) is 0 Å². The van der Waals surface area contributed by atoms with Crippen molar-refractivity contribution in [2.75, 3.05) is 19.8 Å². The summed E-state index contributed by atoms with van der Waals surface area (Å²) in [7, 11) is 0. The van der Waals surface area contributed by atoms with Gasteiger partial charge in [0.2, 0.25) is 0 Å². The lowest BCUT2D eigenvalue weighted by atomic mass is 9.67. The molecule has 3 heteroatoms. The highest BCUT2D eigenvalue weighted by Gasteiger charge is 2.62. The smallest absolute Gasteiger partial charge is 0.173 e. The van der Waals surface area contributed by atoms with Gasteiger partial charge in [-0.1, -0.05) is 27.7 Å². The molecule has 0 aromatic rings. The Labute approximate surface area is 98.4 Å². The van der Waals surface area contributed by atoms with E-state index < -0.39 is 0 Å². The molecule has 0 aromatic heterocycles. The zero-order valence-corrected chi connectivity index (χ0v) is 11.0. The van der Waals surface area contributed by atoms with Crippen LogP contribution in [0.5, 0.6) is 0 Å². The average Bonchev–Trinajstić information content (AvgIpc) is 2.82. The van der Waals surface area contributed by atoms with Crippen molar-refractivity contribution in [1.29, 1.82) is 0 Å². The maximum atomic E-state index is 5.84. The Morgan fingerprint density at radius 3 is 1.88 bits per heavy atom. The Balaban J connectivity index is 0.000000457. The molecule has 16 heavy (non-hydrogen) atoms. The first-order valence-corrected chi connectivity index (χ1v) is 6.50. The van der Waals surface area contributed by atoms with Crippen LogP contribution in [0.1, 0.15) is 47.0 Å². The highest BCUT2D eigenvalue weighted by molar-refractivity contribution is 5.07. The Bertz CT molecular complexity index is 250. The van der Waals surface area contributed by atoms with Crippen molar-refractivity contribution in [3.63, 3.8) is 0 Å². The summed E-state index contributed by atoms with van der Waals surface area (Å²) in [5, 5.41) is 0. The maximum absolute atomic E-state index is 5.84. The van der Waals surface area contributed by atoms with E-state index in [1.54, 1.807) is 0 Å². The molecule has 2 spiro atoms. The number of ether oxygens (including phenoxy) is 3. The van der Waals surface area contributed by atoms with Gasteiger partial charge in [0.1, 0.15) is 0 Å². The summed E-state index contributed by atoms with van der Waals surface area (Å²) in [5.74, 6) is -0.315. The normalized spacial score (nSPS) is 38.2. The molecule has 0 amide bonds. The number of hydrogen-bond donors (Lipinski definition) is 0. The molecule has 0 aromatic carbocycles. The summed E-state index contributed by atoms with van der Waals surface area (Å²) < 4.78 is 17.2. The molecular weight excluding hydrogens is 204 g/mol. The molecule has 1 unspecified atom stereocenters. The molecule has 1 atom stereocenters. The first-order chi connectivity index (χ1) is 7.58. The van der Waals surface area contributed by atoms with Crippen LogP contribution in [0.4, 0.5) is 0 Å². The van der Waals surface area contributed by atoms with Gasteiger partial charge >= 0.3 is 0 Å². The van der Waals surface area contributed by atoms with Gasteiger partial charge in [-0.2, -0.15) is 0 Å². The zero-order chi connectivity index (χ0) is 11.9. The minimum absolute atomic E-state index is 0.0816. The maximum Gasteiger partial charge on any atom is 0.173 e. The molecule has 0 N–H and O–H groups in total. The van der Waals surface area contributed by atoms with Crippen molar-refractivity contribution in [1.82, 2.24) is 0 Å². The molecule has 3 fully saturated rings. The van der Waals surface area contributed by atoms with Crippen LogP contribution in [0, 0.1) is 5.41 Å². The second kappa shape index (κ2) is 3.97. The minimum atomic E-state index is -0.315. The van der Waals surface area contributed by atoms with Crippen LogP contribution in [0.3, 0.4) is 0 Å². The van der Waals surface area contributed by atoms with E-state index in [1.165, 1.54) is 0 Å². The Kier molecular flexibility index (Phi) is 3.06. The molecule has 0 radical (unpaired) electrons. The third kappa shape index (κ3) is 1.79. The largest absolute Gasteiger partial charge is 0.370 e. The SMILES string of the molecule is CC.CC1(C)CC2(CCC13OCCO3)CO2. The third-order valence-corrected chi connectivity index (χ3v) is 4.01. The van der Waals surface area contributed by atoms with Gasteiger partial charge in [-0.3, -0.25) is 0 Å². The Morgan fingerprint density at radius 2 is 1.44 bits per heavy atom.